The van der Waals surface area contributed by atoms with E-state index < -0.39 is 0 Å². The van der Waals surface area contributed by atoms with Crippen LogP contribution in [0.5, 0.6) is 17.2 Å². The van der Waals surface area contributed by atoms with Crippen LogP contribution >= 0.6 is 11.3 Å². The van der Waals surface area contributed by atoms with Gasteiger partial charge in [0.15, 0.2) is 11.5 Å². The van der Waals surface area contributed by atoms with E-state index >= 15 is 0 Å². The smallest absolute Gasteiger partial charge is 0.206 e. The number of hydrogen-bond acceptors (Lipinski definition) is 6. The van der Waals surface area contributed by atoms with Crippen molar-refractivity contribution in [2.24, 2.45) is 10.1 Å². The lowest BCUT2D eigenvalue weighted by atomic mass is 10.1. The van der Waals surface area contributed by atoms with Gasteiger partial charge in [0.25, 0.3) is 0 Å². The molecule has 1 heterocycles. The number of methoxy groups -OCH3 is 3. The van der Waals surface area contributed by atoms with E-state index in [1.165, 1.54) is 18.6 Å². The van der Waals surface area contributed by atoms with Crippen LogP contribution in [0.25, 0.3) is 11.3 Å². The molecule has 1 aromatic heterocycles. The predicted molar refractivity (Wildman–Crippen MR) is 105 cm³/mol. The Morgan fingerprint density at radius 1 is 1.04 bits per heavy atom. The molecule has 0 atom stereocenters. The van der Waals surface area contributed by atoms with Crippen LogP contribution in [0.2, 0.25) is 0 Å². The first-order valence-electron chi connectivity index (χ1n) is 8.80. The van der Waals surface area contributed by atoms with E-state index in [2.05, 4.69) is 10.4 Å². The molecule has 6 nitrogen and oxygen atoms in total. The molecule has 1 aliphatic carbocycles. The number of benzene rings is 1. The monoisotopic (exact) mass is 375 g/mol. The molecule has 0 N–H and O–H groups in total. The summed E-state index contributed by atoms with van der Waals surface area (Å²) in [7, 11) is 4.85. The van der Waals surface area contributed by atoms with Crippen LogP contribution in [0.4, 0.5) is 0 Å². The Bertz CT molecular complexity index is 834. The second kappa shape index (κ2) is 8.40. The van der Waals surface area contributed by atoms with Crippen molar-refractivity contribution in [1.82, 2.24) is 4.68 Å². The quantitative estimate of drug-likeness (QED) is 0.768. The van der Waals surface area contributed by atoms with Crippen molar-refractivity contribution in [1.29, 1.82) is 0 Å². The molecular formula is C19H25N3O3S. The lowest BCUT2D eigenvalue weighted by Crippen LogP contribution is -2.14. The van der Waals surface area contributed by atoms with Gasteiger partial charge < -0.3 is 14.2 Å². The average Bonchev–Trinajstić information content (AvgIpc) is 3.31. The van der Waals surface area contributed by atoms with E-state index in [0.717, 1.165) is 35.4 Å². The molecule has 0 spiro atoms. The van der Waals surface area contributed by atoms with Crippen LogP contribution in [0.1, 0.15) is 32.6 Å². The van der Waals surface area contributed by atoms with Gasteiger partial charge in [-0.3, -0.25) is 4.99 Å². The van der Waals surface area contributed by atoms with Crippen molar-refractivity contribution in [2.75, 3.05) is 27.9 Å². The number of aromatic nitrogens is 1. The maximum atomic E-state index is 5.50. The van der Waals surface area contributed by atoms with Crippen LogP contribution in [0.3, 0.4) is 0 Å². The number of thiazole rings is 1. The lowest BCUT2D eigenvalue weighted by molar-refractivity contribution is 0.324. The molecule has 140 valence electrons. The summed E-state index contributed by atoms with van der Waals surface area (Å²) in [5.41, 5.74) is 3.16. The maximum absolute atomic E-state index is 5.50. The fraction of sp³-hybridized carbons (Fsp3) is 0.474. The summed E-state index contributed by atoms with van der Waals surface area (Å²) in [6, 6.07) is 3.90. The first-order chi connectivity index (χ1) is 12.7. The Kier molecular flexibility index (Phi) is 5.98. The zero-order valence-electron chi connectivity index (χ0n) is 15.7. The van der Waals surface area contributed by atoms with Crippen molar-refractivity contribution >= 4 is 17.0 Å². The highest BCUT2D eigenvalue weighted by Crippen LogP contribution is 2.41. The second-order valence-corrected chi connectivity index (χ2v) is 6.81. The Hall–Kier alpha value is -2.28. The van der Waals surface area contributed by atoms with Gasteiger partial charge in [0, 0.05) is 23.2 Å². The average molecular weight is 375 g/mol. The first-order valence-corrected chi connectivity index (χ1v) is 9.67. The van der Waals surface area contributed by atoms with Gasteiger partial charge in [-0.1, -0.05) is 0 Å². The minimum Gasteiger partial charge on any atom is -0.493 e. The fourth-order valence-corrected chi connectivity index (χ4v) is 3.99. The highest BCUT2D eigenvalue weighted by Gasteiger charge is 2.18. The van der Waals surface area contributed by atoms with Crippen LogP contribution < -0.4 is 19.0 Å². The molecule has 0 saturated heterocycles. The molecule has 0 bridgehead atoms. The van der Waals surface area contributed by atoms with Crippen LogP contribution in [0, 0.1) is 0 Å². The van der Waals surface area contributed by atoms with Crippen LogP contribution in [-0.4, -0.2) is 38.3 Å². The number of ether oxygens (including phenoxy) is 3. The lowest BCUT2D eigenvalue weighted by Gasteiger charge is -2.14. The second-order valence-electron chi connectivity index (χ2n) is 5.98. The SMILES string of the molecule is CCN=c1scc(-c2cc(OC)c(OC)c(OC)c2)n1N=C1CCCC1. The molecule has 7 heteroatoms. The van der Waals surface area contributed by atoms with Crippen molar-refractivity contribution in [2.45, 2.75) is 32.6 Å². The summed E-state index contributed by atoms with van der Waals surface area (Å²) in [5, 5.41) is 6.98. The topological polar surface area (TPSA) is 57.3 Å². The van der Waals surface area contributed by atoms with E-state index in [-0.39, 0.29) is 0 Å². The Balaban J connectivity index is 2.18. The van der Waals surface area contributed by atoms with Gasteiger partial charge in [-0.25, -0.2) is 4.68 Å². The van der Waals surface area contributed by atoms with E-state index in [4.69, 9.17) is 19.3 Å². The third-order valence-electron chi connectivity index (χ3n) is 4.36. The van der Waals surface area contributed by atoms with Gasteiger partial charge in [0.1, 0.15) is 0 Å². The molecule has 2 aromatic rings. The first kappa shape index (κ1) is 18.5. The summed E-state index contributed by atoms with van der Waals surface area (Å²) in [6.45, 7) is 2.76. The zero-order chi connectivity index (χ0) is 18.5. The molecule has 3 rings (SSSR count). The highest BCUT2D eigenvalue weighted by atomic mass is 32.1. The van der Waals surface area contributed by atoms with Crippen molar-refractivity contribution < 1.29 is 14.2 Å². The molecular weight excluding hydrogens is 350 g/mol. The van der Waals surface area contributed by atoms with Crippen molar-refractivity contribution in [3.63, 3.8) is 0 Å². The summed E-state index contributed by atoms with van der Waals surface area (Å²) >= 11 is 1.59. The number of nitrogens with zero attached hydrogens (tertiary/aromatic N) is 3. The molecule has 1 saturated carbocycles. The maximum Gasteiger partial charge on any atom is 0.206 e. The minimum atomic E-state index is 0.584. The Labute approximate surface area is 157 Å². The molecule has 0 unspecified atom stereocenters. The van der Waals surface area contributed by atoms with Crippen LogP contribution in [0.15, 0.2) is 27.6 Å². The molecule has 0 radical (unpaired) electrons. The summed E-state index contributed by atoms with van der Waals surface area (Å²) in [5.74, 6) is 1.84. The van der Waals surface area contributed by atoms with Gasteiger partial charge in [-0.05, 0) is 44.7 Å². The summed E-state index contributed by atoms with van der Waals surface area (Å²) in [4.78, 5) is 5.50. The van der Waals surface area contributed by atoms with Gasteiger partial charge >= 0.3 is 0 Å². The van der Waals surface area contributed by atoms with E-state index in [0.29, 0.717) is 17.2 Å². The molecule has 0 amide bonds. The standard InChI is InChI=1S/C19H25N3O3S/c1-5-20-19-22(21-14-8-6-7-9-14)15(12-26-19)13-10-16(23-2)18(25-4)17(11-13)24-3/h10-12H,5-9H2,1-4H3. The van der Waals surface area contributed by atoms with E-state index in [9.17, 15) is 0 Å². The Morgan fingerprint density at radius 2 is 1.69 bits per heavy atom. The zero-order valence-corrected chi connectivity index (χ0v) is 16.6. The largest absolute Gasteiger partial charge is 0.493 e. The van der Waals surface area contributed by atoms with Gasteiger partial charge in [-0.15, -0.1) is 11.3 Å². The highest BCUT2D eigenvalue weighted by molar-refractivity contribution is 7.07. The van der Waals surface area contributed by atoms with E-state index in [1.54, 1.807) is 32.7 Å². The van der Waals surface area contributed by atoms with Gasteiger partial charge in [0.05, 0.1) is 27.0 Å². The normalized spacial score (nSPS) is 14.6. The predicted octanol–water partition coefficient (Wildman–Crippen LogP) is 3.94. The van der Waals surface area contributed by atoms with Crippen molar-refractivity contribution in [3.8, 4) is 28.5 Å². The molecule has 1 aromatic carbocycles. The molecule has 1 fully saturated rings. The van der Waals surface area contributed by atoms with Crippen molar-refractivity contribution in [3.05, 3.63) is 22.3 Å². The van der Waals surface area contributed by atoms with Gasteiger partial charge in [-0.2, -0.15) is 5.10 Å². The number of rotatable bonds is 6. The van der Waals surface area contributed by atoms with E-state index in [1.807, 2.05) is 23.7 Å². The third-order valence-corrected chi connectivity index (χ3v) is 5.22. The fourth-order valence-electron chi connectivity index (χ4n) is 3.09. The van der Waals surface area contributed by atoms with Gasteiger partial charge in [0.2, 0.25) is 10.6 Å². The third kappa shape index (κ3) is 3.62. The van der Waals surface area contributed by atoms with Crippen LogP contribution in [-0.2, 0) is 0 Å². The summed E-state index contributed by atoms with van der Waals surface area (Å²) < 4.78 is 18.4. The molecule has 26 heavy (non-hydrogen) atoms. The Morgan fingerprint density at radius 3 is 2.23 bits per heavy atom. The minimum absolute atomic E-state index is 0.584. The molecule has 1 aliphatic rings. The summed E-state index contributed by atoms with van der Waals surface area (Å²) in [6.07, 6.45) is 4.54. The molecule has 0 aliphatic heterocycles. The number of hydrogen-bond donors (Lipinski definition) is 0.